The van der Waals surface area contributed by atoms with Gasteiger partial charge in [0, 0.05) is 12.6 Å². The van der Waals surface area contributed by atoms with Crippen LogP contribution < -0.4 is 15.4 Å². The fourth-order valence-electron chi connectivity index (χ4n) is 2.58. The molecule has 0 bridgehead atoms. The van der Waals surface area contributed by atoms with Gasteiger partial charge in [0.05, 0.1) is 11.0 Å². The van der Waals surface area contributed by atoms with Crippen LogP contribution in [-0.2, 0) is 16.6 Å². The van der Waals surface area contributed by atoms with Gasteiger partial charge >= 0.3 is 6.03 Å². The van der Waals surface area contributed by atoms with Crippen molar-refractivity contribution in [3.8, 4) is 0 Å². The Morgan fingerprint density at radius 2 is 1.96 bits per heavy atom. The van der Waals surface area contributed by atoms with Crippen molar-refractivity contribution in [1.29, 1.82) is 0 Å². The molecule has 23 heavy (non-hydrogen) atoms. The molecule has 0 aliphatic heterocycles. The van der Waals surface area contributed by atoms with Gasteiger partial charge in [-0.25, -0.2) is 17.9 Å². The van der Waals surface area contributed by atoms with Crippen molar-refractivity contribution in [2.24, 2.45) is 0 Å². The Labute approximate surface area is 136 Å². The van der Waals surface area contributed by atoms with Gasteiger partial charge in [0.1, 0.15) is 0 Å². The van der Waals surface area contributed by atoms with Crippen molar-refractivity contribution in [3.63, 3.8) is 0 Å². The van der Waals surface area contributed by atoms with E-state index >= 15 is 0 Å². The predicted octanol–water partition coefficient (Wildman–Crippen LogP) is 0.697. The third-order valence-electron chi connectivity index (χ3n) is 3.96. The minimum absolute atomic E-state index is 0.0782. The van der Waals surface area contributed by atoms with E-state index in [1.54, 1.807) is 12.1 Å². The second-order valence-electron chi connectivity index (χ2n) is 5.69. The molecule has 2 amide bonds. The molecule has 1 aromatic carbocycles. The first-order valence-corrected chi connectivity index (χ1v) is 9.14. The number of amides is 2. The number of nitrogens with one attached hydrogen (secondary N) is 3. The average molecular weight is 341 g/mol. The molecule has 0 saturated heterocycles. The molecule has 8 heteroatoms. The Hall–Kier alpha value is -1.64. The quantitative estimate of drug-likeness (QED) is 0.632. The van der Waals surface area contributed by atoms with Gasteiger partial charge in [0.15, 0.2) is 0 Å². The van der Waals surface area contributed by atoms with E-state index in [1.807, 2.05) is 0 Å². The average Bonchev–Trinajstić information content (AvgIpc) is 2.55. The molecule has 2 rings (SSSR count). The Morgan fingerprint density at radius 1 is 1.26 bits per heavy atom. The van der Waals surface area contributed by atoms with E-state index in [4.69, 9.17) is 0 Å². The smallest absolute Gasteiger partial charge is 0.315 e. The molecule has 0 atom stereocenters. The summed E-state index contributed by atoms with van der Waals surface area (Å²) < 4.78 is 25.8. The zero-order chi connectivity index (χ0) is 16.9. The van der Waals surface area contributed by atoms with Crippen LogP contribution in [0.4, 0.5) is 4.79 Å². The molecule has 0 heterocycles. The lowest BCUT2D eigenvalue weighted by Gasteiger charge is -2.26. The Bertz CT molecular complexity index is 640. The highest BCUT2D eigenvalue weighted by Crippen LogP contribution is 2.18. The van der Waals surface area contributed by atoms with Gasteiger partial charge in [-0.05, 0) is 50.4 Å². The van der Waals surface area contributed by atoms with Gasteiger partial charge in [0.2, 0.25) is 10.0 Å². The number of rotatable bonds is 5. The second-order valence-corrected chi connectivity index (χ2v) is 7.57. The standard InChI is InChI=1S/C15H23N3O4S/c1-16-23(21,22)14-4-2-3-11(9-14)10-17-15(20)18-12-5-7-13(19)8-6-12/h2-4,9,12-13,16,19H,5-8,10H2,1H3,(H2,17,18,20). The molecule has 4 N–H and O–H groups in total. The van der Waals surface area contributed by atoms with E-state index in [0.717, 1.165) is 12.8 Å². The number of carbonyl (C=O) groups is 1. The van der Waals surface area contributed by atoms with E-state index in [1.165, 1.54) is 19.2 Å². The molecule has 128 valence electrons. The molecular weight excluding hydrogens is 318 g/mol. The van der Waals surface area contributed by atoms with Gasteiger partial charge in [-0.15, -0.1) is 0 Å². The first-order valence-electron chi connectivity index (χ1n) is 7.65. The zero-order valence-corrected chi connectivity index (χ0v) is 13.9. The van der Waals surface area contributed by atoms with Crippen LogP contribution in [0.5, 0.6) is 0 Å². The van der Waals surface area contributed by atoms with Crippen molar-refractivity contribution in [1.82, 2.24) is 15.4 Å². The molecule has 1 aliphatic rings. The highest BCUT2D eigenvalue weighted by Gasteiger charge is 2.20. The van der Waals surface area contributed by atoms with Crippen LogP contribution in [0, 0.1) is 0 Å². The van der Waals surface area contributed by atoms with Gasteiger partial charge in [0.25, 0.3) is 0 Å². The largest absolute Gasteiger partial charge is 0.393 e. The minimum Gasteiger partial charge on any atom is -0.393 e. The fourth-order valence-corrected chi connectivity index (χ4v) is 3.38. The van der Waals surface area contributed by atoms with Gasteiger partial charge in [-0.2, -0.15) is 0 Å². The summed E-state index contributed by atoms with van der Waals surface area (Å²) in [5, 5.41) is 15.0. The molecule has 1 aliphatic carbocycles. The van der Waals surface area contributed by atoms with Crippen LogP contribution in [0.15, 0.2) is 29.2 Å². The van der Waals surface area contributed by atoms with Gasteiger partial charge in [-0.1, -0.05) is 12.1 Å². The maximum atomic E-state index is 11.9. The van der Waals surface area contributed by atoms with E-state index < -0.39 is 10.0 Å². The van der Waals surface area contributed by atoms with Crippen molar-refractivity contribution >= 4 is 16.1 Å². The van der Waals surface area contributed by atoms with Gasteiger partial charge < -0.3 is 15.7 Å². The summed E-state index contributed by atoms with van der Waals surface area (Å²) in [7, 11) is -2.13. The lowest BCUT2D eigenvalue weighted by Crippen LogP contribution is -2.43. The number of hydrogen-bond donors (Lipinski definition) is 4. The lowest BCUT2D eigenvalue weighted by atomic mass is 9.93. The highest BCUT2D eigenvalue weighted by molar-refractivity contribution is 7.89. The van der Waals surface area contributed by atoms with Gasteiger partial charge in [-0.3, -0.25) is 0 Å². The molecule has 0 radical (unpaired) electrons. The maximum absolute atomic E-state index is 11.9. The third-order valence-corrected chi connectivity index (χ3v) is 5.37. The molecule has 0 spiro atoms. The predicted molar refractivity (Wildman–Crippen MR) is 86.3 cm³/mol. The number of aliphatic hydroxyl groups excluding tert-OH is 1. The summed E-state index contributed by atoms with van der Waals surface area (Å²) in [6, 6.07) is 6.22. The summed E-state index contributed by atoms with van der Waals surface area (Å²) >= 11 is 0. The first kappa shape index (κ1) is 17.7. The first-order chi connectivity index (χ1) is 10.9. The topological polar surface area (TPSA) is 108 Å². The second kappa shape index (κ2) is 7.76. The summed E-state index contributed by atoms with van der Waals surface area (Å²) in [5.41, 5.74) is 0.704. The zero-order valence-electron chi connectivity index (χ0n) is 13.1. The van der Waals surface area contributed by atoms with E-state index in [-0.39, 0.29) is 29.6 Å². The van der Waals surface area contributed by atoms with Crippen LogP contribution >= 0.6 is 0 Å². The molecule has 7 nitrogen and oxygen atoms in total. The highest BCUT2D eigenvalue weighted by atomic mass is 32.2. The van der Waals surface area contributed by atoms with Crippen LogP contribution in [0.1, 0.15) is 31.2 Å². The van der Waals surface area contributed by atoms with Crippen LogP contribution in [-0.4, -0.2) is 38.7 Å². The van der Waals surface area contributed by atoms with Crippen molar-refractivity contribution in [2.75, 3.05) is 7.05 Å². The summed E-state index contributed by atoms with van der Waals surface area (Å²) in [6.07, 6.45) is 2.69. The third kappa shape index (κ3) is 5.19. The SMILES string of the molecule is CNS(=O)(=O)c1cccc(CNC(=O)NC2CCC(O)CC2)c1. The number of carbonyl (C=O) groups excluding carboxylic acids is 1. The van der Waals surface area contributed by atoms with Crippen molar-refractivity contribution < 1.29 is 18.3 Å². The molecule has 0 unspecified atom stereocenters. The minimum atomic E-state index is -3.49. The molecule has 1 saturated carbocycles. The number of aliphatic hydroxyl groups is 1. The Morgan fingerprint density at radius 3 is 2.61 bits per heavy atom. The number of benzene rings is 1. The van der Waals surface area contributed by atoms with E-state index in [2.05, 4.69) is 15.4 Å². The fraction of sp³-hybridized carbons (Fsp3) is 0.533. The molecular formula is C15H23N3O4S. The number of urea groups is 1. The maximum Gasteiger partial charge on any atom is 0.315 e. The van der Waals surface area contributed by atoms with E-state index in [9.17, 15) is 18.3 Å². The summed E-state index contributed by atoms with van der Waals surface area (Å²) in [5.74, 6) is 0. The van der Waals surface area contributed by atoms with Crippen molar-refractivity contribution in [2.45, 2.75) is 49.3 Å². The summed E-state index contributed by atoms with van der Waals surface area (Å²) in [6.45, 7) is 0.244. The van der Waals surface area contributed by atoms with Crippen molar-refractivity contribution in [3.05, 3.63) is 29.8 Å². The number of sulfonamides is 1. The summed E-state index contributed by atoms with van der Waals surface area (Å²) in [4.78, 5) is 12.1. The van der Waals surface area contributed by atoms with E-state index in [0.29, 0.717) is 18.4 Å². The lowest BCUT2D eigenvalue weighted by molar-refractivity contribution is 0.117. The van der Waals surface area contributed by atoms with Crippen LogP contribution in [0.2, 0.25) is 0 Å². The Balaban J connectivity index is 1.86. The molecule has 0 aromatic heterocycles. The molecule has 1 fully saturated rings. The monoisotopic (exact) mass is 341 g/mol. The molecule has 1 aromatic rings. The number of hydrogen-bond acceptors (Lipinski definition) is 4. The Kier molecular flexibility index (Phi) is 5.97. The normalized spacial score (nSPS) is 21.7. The van der Waals surface area contributed by atoms with Crippen LogP contribution in [0.3, 0.4) is 0 Å². The van der Waals surface area contributed by atoms with Crippen LogP contribution in [0.25, 0.3) is 0 Å².